The zero-order valence-electron chi connectivity index (χ0n) is 13.8. The lowest BCUT2D eigenvalue weighted by atomic mass is 10.2. The Bertz CT molecular complexity index is 882. The lowest BCUT2D eigenvalue weighted by Crippen LogP contribution is -2.43. The molecule has 1 aromatic carbocycles. The number of hydrogen-bond acceptors (Lipinski definition) is 5. The van der Waals surface area contributed by atoms with E-state index in [1.54, 1.807) is 40.0 Å². The Morgan fingerprint density at radius 3 is 2.48 bits per heavy atom. The highest BCUT2D eigenvalue weighted by Crippen LogP contribution is 2.07. The monoisotopic (exact) mass is 339 g/mol. The summed E-state index contributed by atoms with van der Waals surface area (Å²) in [5.74, 6) is -0.773. The summed E-state index contributed by atoms with van der Waals surface area (Å²) in [7, 11) is 0. The van der Waals surface area contributed by atoms with Gasteiger partial charge in [0, 0.05) is 11.3 Å². The number of hydrogen-bond donors (Lipinski definition) is 2. The fourth-order valence-electron chi connectivity index (χ4n) is 2.32. The lowest BCUT2D eigenvalue weighted by Gasteiger charge is -2.09. The van der Waals surface area contributed by atoms with E-state index in [1.165, 1.54) is 6.33 Å². The van der Waals surface area contributed by atoms with E-state index >= 15 is 0 Å². The average Bonchev–Trinajstić information content (AvgIpc) is 3.23. The Morgan fingerprint density at radius 1 is 1.12 bits per heavy atom. The van der Waals surface area contributed by atoms with Gasteiger partial charge in [-0.25, -0.2) is 9.67 Å². The molecule has 2 amide bonds. The molecule has 0 atom stereocenters. The molecule has 3 rings (SSSR count). The van der Waals surface area contributed by atoms with Crippen LogP contribution in [-0.4, -0.2) is 36.4 Å². The first kappa shape index (κ1) is 16.4. The van der Waals surface area contributed by atoms with Gasteiger partial charge in [-0.05, 0) is 44.2 Å². The van der Waals surface area contributed by atoms with Gasteiger partial charge >= 0.3 is 0 Å². The third-order valence-corrected chi connectivity index (χ3v) is 3.52. The number of carbonyl (C=O) groups is 2. The van der Waals surface area contributed by atoms with Crippen LogP contribution in [0.1, 0.15) is 21.7 Å². The first-order valence-electron chi connectivity index (χ1n) is 7.58. The highest BCUT2D eigenvalue weighted by molar-refractivity contribution is 5.95. The molecule has 25 heavy (non-hydrogen) atoms. The third-order valence-electron chi connectivity index (χ3n) is 3.52. The van der Waals surface area contributed by atoms with E-state index in [2.05, 4.69) is 26.0 Å². The van der Waals surface area contributed by atoms with Crippen molar-refractivity contribution in [1.29, 1.82) is 0 Å². The van der Waals surface area contributed by atoms with Crippen LogP contribution < -0.4 is 10.9 Å². The van der Waals surface area contributed by atoms with E-state index in [0.29, 0.717) is 5.56 Å². The van der Waals surface area contributed by atoms with Crippen molar-refractivity contribution in [2.24, 2.45) is 0 Å². The smallest absolute Gasteiger partial charge is 0.269 e. The Labute approximate surface area is 143 Å². The molecule has 0 aliphatic carbocycles. The maximum absolute atomic E-state index is 12.1. The van der Waals surface area contributed by atoms with Gasteiger partial charge in [-0.3, -0.25) is 25.1 Å². The van der Waals surface area contributed by atoms with E-state index in [4.69, 9.17) is 0 Å². The van der Waals surface area contributed by atoms with Gasteiger partial charge in [0.25, 0.3) is 11.8 Å². The Hall–Kier alpha value is -3.49. The lowest BCUT2D eigenvalue weighted by molar-refractivity contribution is -0.122. The third kappa shape index (κ3) is 3.89. The normalized spacial score (nSPS) is 10.5. The fraction of sp³-hybridized carbons (Fsp3) is 0.188. The molecule has 2 N–H and O–H groups in total. The molecule has 0 bridgehead atoms. The first-order chi connectivity index (χ1) is 12.0. The number of amides is 2. The van der Waals surface area contributed by atoms with Crippen LogP contribution in [-0.2, 0) is 11.3 Å². The molecule has 0 aliphatic heterocycles. The second-order valence-corrected chi connectivity index (χ2v) is 5.47. The Kier molecular flexibility index (Phi) is 4.55. The number of carbonyl (C=O) groups excluding carboxylic acids is 2. The molecular formula is C16H17N7O2. The molecule has 9 nitrogen and oxygen atoms in total. The molecule has 0 fully saturated rings. The van der Waals surface area contributed by atoms with E-state index in [1.807, 2.05) is 19.9 Å². The molecule has 3 aromatic rings. The van der Waals surface area contributed by atoms with Gasteiger partial charge in [0.2, 0.25) is 0 Å². The highest BCUT2D eigenvalue weighted by Gasteiger charge is 2.10. The van der Waals surface area contributed by atoms with Gasteiger partial charge in [0.05, 0.1) is 11.4 Å². The summed E-state index contributed by atoms with van der Waals surface area (Å²) in [6, 6.07) is 8.63. The summed E-state index contributed by atoms with van der Waals surface area (Å²) in [4.78, 5) is 27.9. The highest BCUT2D eigenvalue weighted by atomic mass is 16.2. The van der Waals surface area contributed by atoms with Crippen LogP contribution in [0.2, 0.25) is 0 Å². The summed E-state index contributed by atoms with van der Waals surface area (Å²) in [6.45, 7) is 3.75. The molecular weight excluding hydrogens is 322 g/mol. The number of aryl methyl sites for hydroxylation is 2. The molecule has 0 saturated heterocycles. The molecule has 128 valence electrons. The standard InChI is InChI=1S/C16H17N7O2/c1-11-7-12(2)22(21-11)8-15(24)19-20-16(25)13-3-5-14(6-4-13)23-10-17-9-18-23/h3-7,9-10H,8H2,1-2H3,(H,19,24)(H,20,25). The summed E-state index contributed by atoms with van der Waals surface area (Å²) < 4.78 is 3.15. The second kappa shape index (κ2) is 6.95. The Morgan fingerprint density at radius 2 is 1.88 bits per heavy atom. The minimum absolute atomic E-state index is 0.0329. The van der Waals surface area contributed by atoms with Crippen molar-refractivity contribution >= 4 is 11.8 Å². The molecule has 0 radical (unpaired) electrons. The van der Waals surface area contributed by atoms with Crippen LogP contribution in [0.25, 0.3) is 5.69 Å². The van der Waals surface area contributed by atoms with E-state index in [0.717, 1.165) is 17.1 Å². The van der Waals surface area contributed by atoms with E-state index < -0.39 is 5.91 Å². The van der Waals surface area contributed by atoms with Crippen LogP contribution in [0.4, 0.5) is 0 Å². The molecule has 2 aromatic heterocycles. The second-order valence-electron chi connectivity index (χ2n) is 5.47. The van der Waals surface area contributed by atoms with Gasteiger partial charge in [-0.1, -0.05) is 0 Å². The number of aromatic nitrogens is 5. The molecule has 0 aliphatic rings. The largest absolute Gasteiger partial charge is 0.271 e. The van der Waals surface area contributed by atoms with E-state index in [9.17, 15) is 9.59 Å². The van der Waals surface area contributed by atoms with Crippen LogP contribution in [0.5, 0.6) is 0 Å². The molecule has 0 spiro atoms. The van der Waals surface area contributed by atoms with Crippen molar-refractivity contribution in [3.8, 4) is 5.69 Å². The van der Waals surface area contributed by atoms with Gasteiger partial charge in [0.15, 0.2) is 0 Å². The first-order valence-corrected chi connectivity index (χ1v) is 7.58. The van der Waals surface area contributed by atoms with Crippen molar-refractivity contribution in [2.45, 2.75) is 20.4 Å². The van der Waals surface area contributed by atoms with Gasteiger partial charge < -0.3 is 0 Å². The maximum atomic E-state index is 12.1. The predicted octanol–water partition coefficient (Wildman–Crippen LogP) is 0.542. The minimum Gasteiger partial charge on any atom is -0.271 e. The van der Waals surface area contributed by atoms with Crippen molar-refractivity contribution in [2.75, 3.05) is 0 Å². The van der Waals surface area contributed by atoms with Crippen LogP contribution >= 0.6 is 0 Å². The quantitative estimate of drug-likeness (QED) is 0.675. The molecule has 2 heterocycles. The molecule has 0 unspecified atom stereocenters. The number of nitrogens with one attached hydrogen (secondary N) is 2. The number of hydrazine groups is 1. The molecule has 9 heteroatoms. The van der Waals surface area contributed by atoms with Crippen molar-refractivity contribution in [1.82, 2.24) is 35.4 Å². The van der Waals surface area contributed by atoms with Crippen molar-refractivity contribution in [3.63, 3.8) is 0 Å². The number of rotatable bonds is 4. The van der Waals surface area contributed by atoms with Crippen LogP contribution in [0.15, 0.2) is 43.0 Å². The van der Waals surface area contributed by atoms with Gasteiger partial charge in [-0.2, -0.15) is 10.2 Å². The van der Waals surface area contributed by atoms with Gasteiger partial charge in [-0.15, -0.1) is 0 Å². The fourth-order valence-corrected chi connectivity index (χ4v) is 2.32. The average molecular weight is 339 g/mol. The number of benzene rings is 1. The summed E-state index contributed by atoms with van der Waals surface area (Å²) in [6.07, 6.45) is 2.99. The predicted molar refractivity (Wildman–Crippen MR) is 88.7 cm³/mol. The van der Waals surface area contributed by atoms with Gasteiger partial charge in [0.1, 0.15) is 19.2 Å². The molecule has 0 saturated carbocycles. The summed E-state index contributed by atoms with van der Waals surface area (Å²) in [5.41, 5.74) is 7.67. The number of nitrogens with zero attached hydrogens (tertiary/aromatic N) is 5. The zero-order valence-corrected chi connectivity index (χ0v) is 13.8. The van der Waals surface area contributed by atoms with E-state index in [-0.39, 0.29) is 12.5 Å². The van der Waals surface area contributed by atoms with Crippen molar-refractivity contribution < 1.29 is 9.59 Å². The minimum atomic E-state index is -0.410. The Balaban J connectivity index is 1.55. The van der Waals surface area contributed by atoms with Crippen LogP contribution in [0.3, 0.4) is 0 Å². The summed E-state index contributed by atoms with van der Waals surface area (Å²) in [5, 5.41) is 8.21. The SMILES string of the molecule is Cc1cc(C)n(CC(=O)NNC(=O)c2ccc(-n3cncn3)cc2)n1. The topological polar surface area (TPSA) is 107 Å². The maximum Gasteiger partial charge on any atom is 0.269 e. The van der Waals surface area contributed by atoms with Crippen molar-refractivity contribution in [3.05, 3.63) is 59.9 Å². The zero-order chi connectivity index (χ0) is 17.8. The van der Waals surface area contributed by atoms with Crippen LogP contribution in [0, 0.1) is 13.8 Å². The summed E-state index contributed by atoms with van der Waals surface area (Å²) >= 11 is 0.